The summed E-state index contributed by atoms with van der Waals surface area (Å²) in [6.45, 7) is 5.49. The van der Waals surface area contributed by atoms with Crippen molar-refractivity contribution in [3.8, 4) is 0 Å². The van der Waals surface area contributed by atoms with Gasteiger partial charge in [-0.2, -0.15) is 0 Å². The molecule has 4 nitrogen and oxygen atoms in total. The molecule has 0 spiro atoms. The van der Waals surface area contributed by atoms with Gasteiger partial charge in [0.25, 0.3) is 0 Å². The van der Waals surface area contributed by atoms with Crippen LogP contribution in [0, 0.1) is 11.3 Å². The number of hydrogen-bond acceptors (Lipinski definition) is 2. The van der Waals surface area contributed by atoms with Gasteiger partial charge in [0.15, 0.2) is 0 Å². The second-order valence-electron chi connectivity index (χ2n) is 4.33. The van der Waals surface area contributed by atoms with Gasteiger partial charge in [-0.1, -0.05) is 33.1 Å². The van der Waals surface area contributed by atoms with Gasteiger partial charge < -0.3 is 11.5 Å². The zero-order chi connectivity index (χ0) is 12.1. The van der Waals surface area contributed by atoms with E-state index in [9.17, 15) is 9.59 Å². The van der Waals surface area contributed by atoms with Crippen LogP contribution in [0.25, 0.3) is 0 Å². The number of rotatable bonds is 7. The first kappa shape index (κ1) is 13.9. The molecule has 0 rings (SSSR count). The summed E-state index contributed by atoms with van der Waals surface area (Å²) in [6, 6.07) is 0. The highest BCUT2D eigenvalue weighted by Crippen LogP contribution is 2.30. The van der Waals surface area contributed by atoms with Gasteiger partial charge in [-0.25, -0.2) is 0 Å². The third-order valence-electron chi connectivity index (χ3n) is 3.25. The molecule has 0 bridgehead atoms. The van der Waals surface area contributed by atoms with Crippen molar-refractivity contribution < 1.29 is 9.59 Å². The van der Waals surface area contributed by atoms with Gasteiger partial charge in [0, 0.05) is 0 Å². The fourth-order valence-electron chi connectivity index (χ4n) is 1.60. The lowest BCUT2D eigenvalue weighted by Crippen LogP contribution is -2.49. The summed E-state index contributed by atoms with van der Waals surface area (Å²) in [4.78, 5) is 22.5. The molecule has 0 aliphatic rings. The van der Waals surface area contributed by atoms with Crippen LogP contribution >= 0.6 is 0 Å². The Morgan fingerprint density at radius 2 is 1.67 bits per heavy atom. The minimum atomic E-state index is -1.21. The van der Waals surface area contributed by atoms with Gasteiger partial charge >= 0.3 is 0 Å². The highest BCUT2D eigenvalue weighted by Gasteiger charge is 2.42. The highest BCUT2D eigenvalue weighted by molar-refractivity contribution is 6.03. The summed E-state index contributed by atoms with van der Waals surface area (Å²) in [7, 11) is 0. The van der Waals surface area contributed by atoms with Crippen LogP contribution in [0.3, 0.4) is 0 Å². The second-order valence-corrected chi connectivity index (χ2v) is 4.33. The van der Waals surface area contributed by atoms with E-state index in [0.29, 0.717) is 0 Å². The molecule has 0 aromatic rings. The molecule has 4 heteroatoms. The van der Waals surface area contributed by atoms with E-state index in [4.69, 9.17) is 11.5 Å². The predicted octanol–water partition coefficient (Wildman–Crippen LogP) is 1.18. The van der Waals surface area contributed by atoms with Gasteiger partial charge in [0.1, 0.15) is 5.41 Å². The van der Waals surface area contributed by atoms with Crippen molar-refractivity contribution in [1.82, 2.24) is 0 Å². The number of carbonyl (C=O) groups excluding carboxylic acids is 2. The van der Waals surface area contributed by atoms with Gasteiger partial charge in [0.05, 0.1) is 0 Å². The maximum absolute atomic E-state index is 11.3. The molecule has 0 unspecified atom stereocenters. The first-order valence-corrected chi connectivity index (χ1v) is 5.47. The van der Waals surface area contributed by atoms with E-state index in [1.54, 1.807) is 0 Å². The predicted molar refractivity (Wildman–Crippen MR) is 59.8 cm³/mol. The van der Waals surface area contributed by atoms with Crippen LogP contribution in [0.1, 0.15) is 46.5 Å². The third-order valence-corrected chi connectivity index (χ3v) is 3.25. The van der Waals surface area contributed by atoms with Crippen molar-refractivity contribution in [1.29, 1.82) is 0 Å². The van der Waals surface area contributed by atoms with Crippen molar-refractivity contribution in [3.63, 3.8) is 0 Å². The van der Waals surface area contributed by atoms with Crippen molar-refractivity contribution in [2.75, 3.05) is 0 Å². The number of nitrogens with two attached hydrogens (primary N) is 2. The lowest BCUT2D eigenvalue weighted by Gasteiger charge is -2.29. The Morgan fingerprint density at radius 3 is 2.00 bits per heavy atom. The minimum absolute atomic E-state index is 0.0981. The first-order chi connectivity index (χ1) is 6.87. The fraction of sp³-hybridized carbons (Fsp3) is 0.818. The highest BCUT2D eigenvalue weighted by atomic mass is 16.2. The molecule has 0 saturated carbocycles. The van der Waals surface area contributed by atoms with Crippen LogP contribution in [-0.4, -0.2) is 11.8 Å². The molecule has 15 heavy (non-hydrogen) atoms. The zero-order valence-electron chi connectivity index (χ0n) is 9.88. The van der Waals surface area contributed by atoms with E-state index in [2.05, 4.69) is 6.92 Å². The summed E-state index contributed by atoms with van der Waals surface area (Å²) in [6.07, 6.45) is 4.00. The number of amides is 2. The van der Waals surface area contributed by atoms with E-state index < -0.39 is 17.2 Å². The van der Waals surface area contributed by atoms with E-state index in [0.717, 1.165) is 25.7 Å². The summed E-state index contributed by atoms with van der Waals surface area (Å²) < 4.78 is 0. The first-order valence-electron chi connectivity index (χ1n) is 5.47. The van der Waals surface area contributed by atoms with Crippen LogP contribution in [-0.2, 0) is 9.59 Å². The maximum Gasteiger partial charge on any atom is 0.233 e. The topological polar surface area (TPSA) is 86.2 Å². The molecular formula is C11H22N2O2. The molecule has 0 aliphatic carbocycles. The molecule has 0 heterocycles. The standard InChI is InChI=1S/C11H22N2O2/c1-4-5-6-7-8(2)11(3,9(12)14)10(13)15/h8H,4-7H2,1-3H3,(H2,12,14)(H2,13,15)/t8-/m1/s1. The van der Waals surface area contributed by atoms with Gasteiger partial charge in [-0.15, -0.1) is 0 Å². The Bertz CT molecular complexity index is 225. The summed E-state index contributed by atoms with van der Waals surface area (Å²) in [5, 5.41) is 0. The molecule has 0 fully saturated rings. The van der Waals surface area contributed by atoms with Gasteiger partial charge in [0.2, 0.25) is 11.8 Å². The molecule has 88 valence electrons. The van der Waals surface area contributed by atoms with Crippen LogP contribution in [0.5, 0.6) is 0 Å². The summed E-state index contributed by atoms with van der Waals surface area (Å²) in [5.74, 6) is -1.35. The number of hydrogen-bond donors (Lipinski definition) is 2. The molecular weight excluding hydrogens is 192 g/mol. The lowest BCUT2D eigenvalue weighted by atomic mass is 9.74. The fourth-order valence-corrected chi connectivity index (χ4v) is 1.60. The second kappa shape index (κ2) is 5.73. The number of carbonyl (C=O) groups is 2. The van der Waals surface area contributed by atoms with E-state index in [-0.39, 0.29) is 5.92 Å². The Balaban J connectivity index is 4.50. The molecule has 0 aliphatic heterocycles. The largest absolute Gasteiger partial charge is 0.369 e. The van der Waals surface area contributed by atoms with Gasteiger partial charge in [-0.05, 0) is 19.3 Å². The normalized spacial score (nSPS) is 13.5. The van der Waals surface area contributed by atoms with E-state index >= 15 is 0 Å². The monoisotopic (exact) mass is 214 g/mol. The maximum atomic E-state index is 11.3. The van der Waals surface area contributed by atoms with Crippen LogP contribution < -0.4 is 11.5 Å². The Labute approximate surface area is 91.4 Å². The molecule has 2 amide bonds. The average molecular weight is 214 g/mol. The van der Waals surface area contributed by atoms with Crippen LogP contribution in [0.15, 0.2) is 0 Å². The Morgan fingerprint density at radius 1 is 1.20 bits per heavy atom. The number of primary amides is 2. The molecule has 0 aromatic carbocycles. The molecule has 0 radical (unpaired) electrons. The van der Waals surface area contributed by atoms with Crippen molar-refractivity contribution >= 4 is 11.8 Å². The SMILES string of the molecule is CCCCC[C@@H](C)C(C)(C(N)=O)C(N)=O. The van der Waals surface area contributed by atoms with E-state index in [1.807, 2.05) is 6.92 Å². The van der Waals surface area contributed by atoms with Crippen LogP contribution in [0.2, 0.25) is 0 Å². The van der Waals surface area contributed by atoms with Crippen molar-refractivity contribution in [2.24, 2.45) is 22.8 Å². The van der Waals surface area contributed by atoms with Crippen LogP contribution in [0.4, 0.5) is 0 Å². The summed E-state index contributed by atoms with van der Waals surface area (Å²) in [5.41, 5.74) is 9.26. The number of unbranched alkanes of at least 4 members (excludes halogenated alkanes) is 2. The average Bonchev–Trinajstić information content (AvgIpc) is 2.15. The van der Waals surface area contributed by atoms with E-state index in [1.165, 1.54) is 6.92 Å². The lowest BCUT2D eigenvalue weighted by molar-refractivity contribution is -0.142. The quantitative estimate of drug-likeness (QED) is 0.492. The smallest absolute Gasteiger partial charge is 0.233 e. The zero-order valence-corrected chi connectivity index (χ0v) is 9.88. The summed E-state index contributed by atoms with van der Waals surface area (Å²) >= 11 is 0. The Hall–Kier alpha value is -1.06. The molecule has 0 saturated heterocycles. The van der Waals surface area contributed by atoms with Crippen molar-refractivity contribution in [3.05, 3.63) is 0 Å². The molecule has 4 N–H and O–H groups in total. The third kappa shape index (κ3) is 3.22. The Kier molecular flexibility index (Phi) is 5.33. The van der Waals surface area contributed by atoms with Gasteiger partial charge in [-0.3, -0.25) is 9.59 Å². The minimum Gasteiger partial charge on any atom is -0.369 e. The van der Waals surface area contributed by atoms with Crippen molar-refractivity contribution in [2.45, 2.75) is 46.5 Å². The molecule has 1 atom stereocenters. The molecule has 0 aromatic heterocycles.